The summed E-state index contributed by atoms with van der Waals surface area (Å²) in [7, 11) is -2.05. The van der Waals surface area contributed by atoms with Crippen molar-refractivity contribution in [2.75, 3.05) is 18.9 Å². The van der Waals surface area contributed by atoms with Gasteiger partial charge in [0.05, 0.1) is 5.69 Å². The second-order valence-electron chi connectivity index (χ2n) is 2.89. The van der Waals surface area contributed by atoms with Gasteiger partial charge in [0.25, 0.3) is 0 Å². The van der Waals surface area contributed by atoms with E-state index in [1.165, 1.54) is 12.1 Å². The highest BCUT2D eigenvalue weighted by Crippen LogP contribution is 2.21. The predicted molar refractivity (Wildman–Crippen MR) is 56.8 cm³/mol. The Labute approximate surface area is 88.6 Å². The molecule has 0 saturated carbocycles. The van der Waals surface area contributed by atoms with Gasteiger partial charge < -0.3 is 5.32 Å². The number of halogens is 1. The first kappa shape index (κ1) is 11.9. The summed E-state index contributed by atoms with van der Waals surface area (Å²) < 4.78 is 38.5. The minimum atomic E-state index is -3.63. The normalized spacial score (nSPS) is 11.4. The van der Waals surface area contributed by atoms with Crippen molar-refractivity contribution in [2.24, 2.45) is 0 Å². The van der Waals surface area contributed by atoms with E-state index < -0.39 is 15.8 Å². The lowest BCUT2D eigenvalue weighted by atomic mass is 10.3. The lowest BCUT2D eigenvalue weighted by molar-refractivity contribution is 0.580. The van der Waals surface area contributed by atoms with Gasteiger partial charge >= 0.3 is 0 Å². The van der Waals surface area contributed by atoms with Crippen LogP contribution < -0.4 is 10.0 Å². The van der Waals surface area contributed by atoms with E-state index in [1.807, 2.05) is 0 Å². The van der Waals surface area contributed by atoms with E-state index in [1.54, 1.807) is 14.0 Å². The second kappa shape index (κ2) is 4.59. The highest BCUT2D eigenvalue weighted by atomic mass is 32.2. The molecular weight excluding hydrogens is 219 g/mol. The molecule has 84 valence electrons. The molecule has 1 aromatic rings. The van der Waals surface area contributed by atoms with E-state index in [2.05, 4.69) is 10.0 Å². The molecule has 0 aliphatic carbocycles. The molecule has 0 aromatic heterocycles. The van der Waals surface area contributed by atoms with Crippen molar-refractivity contribution < 1.29 is 12.8 Å². The van der Waals surface area contributed by atoms with E-state index in [0.717, 1.165) is 6.07 Å². The van der Waals surface area contributed by atoms with Crippen molar-refractivity contribution in [3.05, 3.63) is 24.0 Å². The SMILES string of the molecule is CCNS(=O)(=O)c1cc(F)ccc1NC. The number of hydrogen-bond acceptors (Lipinski definition) is 3. The molecule has 2 N–H and O–H groups in total. The molecular formula is C9H13FN2O2S. The van der Waals surface area contributed by atoms with Crippen LogP contribution in [0.4, 0.5) is 10.1 Å². The Hall–Kier alpha value is -1.14. The van der Waals surface area contributed by atoms with Gasteiger partial charge in [-0.3, -0.25) is 0 Å². The van der Waals surface area contributed by atoms with Crippen LogP contribution in [0, 0.1) is 5.82 Å². The van der Waals surface area contributed by atoms with Crippen molar-refractivity contribution >= 4 is 15.7 Å². The number of anilines is 1. The molecule has 0 saturated heterocycles. The van der Waals surface area contributed by atoms with Gasteiger partial charge in [-0.2, -0.15) is 0 Å². The fourth-order valence-electron chi connectivity index (χ4n) is 1.19. The molecule has 0 heterocycles. The number of rotatable bonds is 4. The van der Waals surface area contributed by atoms with Crippen molar-refractivity contribution in [1.29, 1.82) is 0 Å². The van der Waals surface area contributed by atoms with E-state index in [-0.39, 0.29) is 11.4 Å². The molecule has 0 fully saturated rings. The Balaban J connectivity index is 3.28. The highest BCUT2D eigenvalue weighted by Gasteiger charge is 2.17. The zero-order valence-electron chi connectivity index (χ0n) is 8.54. The van der Waals surface area contributed by atoms with Crippen LogP contribution in [0.25, 0.3) is 0 Å². The minimum absolute atomic E-state index is 0.0770. The molecule has 6 heteroatoms. The van der Waals surface area contributed by atoms with Crippen LogP contribution in [0.1, 0.15) is 6.92 Å². The third-order valence-corrected chi connectivity index (χ3v) is 3.42. The van der Waals surface area contributed by atoms with Gasteiger partial charge in [-0.15, -0.1) is 0 Å². The average Bonchev–Trinajstić information content (AvgIpc) is 2.17. The first-order chi connectivity index (χ1) is 7.01. The topological polar surface area (TPSA) is 58.2 Å². The second-order valence-corrected chi connectivity index (χ2v) is 4.63. The first-order valence-electron chi connectivity index (χ1n) is 4.48. The molecule has 0 spiro atoms. The Morgan fingerprint density at radius 1 is 1.40 bits per heavy atom. The van der Waals surface area contributed by atoms with E-state index >= 15 is 0 Å². The largest absolute Gasteiger partial charge is 0.387 e. The Kier molecular flexibility index (Phi) is 3.65. The molecule has 0 unspecified atom stereocenters. The number of nitrogens with one attached hydrogen (secondary N) is 2. The first-order valence-corrected chi connectivity index (χ1v) is 5.96. The zero-order valence-corrected chi connectivity index (χ0v) is 9.36. The van der Waals surface area contributed by atoms with Gasteiger partial charge in [-0.1, -0.05) is 6.92 Å². The summed E-state index contributed by atoms with van der Waals surface area (Å²) >= 11 is 0. The minimum Gasteiger partial charge on any atom is -0.387 e. The fourth-order valence-corrected chi connectivity index (χ4v) is 2.46. The predicted octanol–water partition coefficient (Wildman–Crippen LogP) is 1.17. The van der Waals surface area contributed by atoms with Crippen LogP contribution in [0.3, 0.4) is 0 Å². The standard InChI is InChI=1S/C9H13FN2O2S/c1-3-12-15(13,14)9-6-7(10)4-5-8(9)11-2/h4-6,11-12H,3H2,1-2H3. The molecule has 1 aromatic carbocycles. The van der Waals surface area contributed by atoms with E-state index in [4.69, 9.17) is 0 Å². The summed E-state index contributed by atoms with van der Waals surface area (Å²) in [4.78, 5) is -0.0770. The van der Waals surface area contributed by atoms with Crippen molar-refractivity contribution in [1.82, 2.24) is 4.72 Å². The summed E-state index contributed by atoms with van der Waals surface area (Å²) in [6.45, 7) is 1.93. The third kappa shape index (κ3) is 2.66. The summed E-state index contributed by atoms with van der Waals surface area (Å²) in [5.74, 6) is -0.578. The van der Waals surface area contributed by atoms with Crippen molar-refractivity contribution in [2.45, 2.75) is 11.8 Å². The van der Waals surface area contributed by atoms with Crippen LogP contribution in [0.2, 0.25) is 0 Å². The van der Waals surface area contributed by atoms with Gasteiger partial charge in [0, 0.05) is 13.6 Å². The maximum Gasteiger partial charge on any atom is 0.242 e. The summed E-state index contributed by atoms with van der Waals surface area (Å²) in [5, 5.41) is 2.70. The van der Waals surface area contributed by atoms with Gasteiger partial charge in [0.1, 0.15) is 10.7 Å². The van der Waals surface area contributed by atoms with E-state index in [9.17, 15) is 12.8 Å². The van der Waals surface area contributed by atoms with Crippen molar-refractivity contribution in [3.63, 3.8) is 0 Å². The highest BCUT2D eigenvalue weighted by molar-refractivity contribution is 7.89. The number of sulfonamides is 1. The monoisotopic (exact) mass is 232 g/mol. The van der Waals surface area contributed by atoms with Gasteiger partial charge in [-0.25, -0.2) is 17.5 Å². The lowest BCUT2D eigenvalue weighted by Gasteiger charge is -2.09. The summed E-state index contributed by atoms with van der Waals surface area (Å²) in [5.41, 5.74) is 0.373. The van der Waals surface area contributed by atoms with Gasteiger partial charge in [0.2, 0.25) is 10.0 Å². The molecule has 4 nitrogen and oxygen atoms in total. The Bertz CT molecular complexity index is 445. The smallest absolute Gasteiger partial charge is 0.242 e. The van der Waals surface area contributed by atoms with Gasteiger partial charge in [-0.05, 0) is 18.2 Å². The van der Waals surface area contributed by atoms with Crippen LogP contribution in [-0.4, -0.2) is 22.0 Å². The molecule has 0 atom stereocenters. The quantitative estimate of drug-likeness (QED) is 0.819. The Morgan fingerprint density at radius 2 is 2.07 bits per heavy atom. The maximum absolute atomic E-state index is 12.9. The maximum atomic E-state index is 12.9. The van der Waals surface area contributed by atoms with E-state index in [0.29, 0.717) is 5.69 Å². The number of hydrogen-bond donors (Lipinski definition) is 2. The average molecular weight is 232 g/mol. The van der Waals surface area contributed by atoms with Crippen molar-refractivity contribution in [3.8, 4) is 0 Å². The van der Waals surface area contributed by atoms with Crippen LogP contribution in [-0.2, 0) is 10.0 Å². The summed E-state index contributed by atoms with van der Waals surface area (Å²) in [6, 6.07) is 3.58. The van der Waals surface area contributed by atoms with Crippen LogP contribution >= 0.6 is 0 Å². The molecule has 15 heavy (non-hydrogen) atoms. The molecule has 1 rings (SSSR count). The lowest BCUT2D eigenvalue weighted by Crippen LogP contribution is -2.24. The molecule has 0 bridgehead atoms. The molecule has 0 aliphatic heterocycles. The fraction of sp³-hybridized carbons (Fsp3) is 0.333. The molecule has 0 radical (unpaired) electrons. The summed E-state index contributed by atoms with van der Waals surface area (Å²) in [6.07, 6.45) is 0. The Morgan fingerprint density at radius 3 is 2.60 bits per heavy atom. The number of benzene rings is 1. The van der Waals surface area contributed by atoms with Crippen LogP contribution in [0.15, 0.2) is 23.1 Å². The third-order valence-electron chi connectivity index (χ3n) is 1.84. The van der Waals surface area contributed by atoms with Crippen LogP contribution in [0.5, 0.6) is 0 Å². The van der Waals surface area contributed by atoms with Gasteiger partial charge in [0.15, 0.2) is 0 Å². The molecule has 0 aliphatic rings. The zero-order chi connectivity index (χ0) is 11.5. The molecule has 0 amide bonds.